The van der Waals surface area contributed by atoms with E-state index in [1.165, 1.54) is 16.7 Å². The molecule has 0 radical (unpaired) electrons. The smallest absolute Gasteiger partial charge is 0.410 e. The number of hydrogen-bond donors (Lipinski definition) is 1. The van der Waals surface area contributed by atoms with Gasteiger partial charge in [-0.25, -0.2) is 4.79 Å². The molecule has 0 atom stereocenters. The van der Waals surface area contributed by atoms with Crippen molar-refractivity contribution in [3.8, 4) is 5.75 Å². The monoisotopic (exact) mass is 415 g/mol. The van der Waals surface area contributed by atoms with Gasteiger partial charge in [-0.2, -0.15) is 0 Å². The molecule has 0 bridgehead atoms. The number of carbonyl (C=O) groups is 1. The molecule has 0 unspecified atom stereocenters. The molecule has 0 aromatic heterocycles. The summed E-state index contributed by atoms with van der Waals surface area (Å²) in [4.78, 5) is 16.7. The van der Waals surface area contributed by atoms with Crippen molar-refractivity contribution in [3.05, 3.63) is 63.6 Å². The van der Waals surface area contributed by atoms with Gasteiger partial charge in [-0.05, 0) is 41.0 Å². The highest BCUT2D eigenvalue weighted by Gasteiger charge is 2.25. The van der Waals surface area contributed by atoms with Crippen LogP contribution >= 0.6 is 15.9 Å². The predicted molar refractivity (Wildman–Crippen MR) is 104 cm³/mol. The first-order valence-corrected chi connectivity index (χ1v) is 9.73. The Morgan fingerprint density at radius 3 is 2.54 bits per heavy atom. The number of halogens is 1. The van der Waals surface area contributed by atoms with E-state index in [0.717, 1.165) is 37.2 Å². The third-order valence-electron chi connectivity index (χ3n) is 4.89. The molecule has 136 valence electrons. The van der Waals surface area contributed by atoms with Crippen LogP contribution in [0.25, 0.3) is 0 Å². The topological polar surface area (TPSA) is 44.8 Å². The molecule has 0 aliphatic carbocycles. The van der Waals surface area contributed by atoms with Crippen molar-refractivity contribution < 1.29 is 9.53 Å². The number of ether oxygens (including phenoxy) is 1. The Hall–Kier alpha value is -1.89. The van der Waals surface area contributed by atoms with Gasteiger partial charge < -0.3 is 10.1 Å². The summed E-state index contributed by atoms with van der Waals surface area (Å²) in [6.07, 6.45) is -0.299. The molecule has 2 aromatic carbocycles. The van der Waals surface area contributed by atoms with E-state index in [4.69, 9.17) is 4.74 Å². The normalized spacial score (nSPS) is 17.2. The predicted octanol–water partition coefficient (Wildman–Crippen LogP) is 3.37. The molecule has 6 heteroatoms. The molecule has 1 N–H and O–H groups in total. The third kappa shape index (κ3) is 4.09. The van der Waals surface area contributed by atoms with Crippen LogP contribution in [0.2, 0.25) is 0 Å². The third-order valence-corrected chi connectivity index (χ3v) is 5.41. The van der Waals surface area contributed by atoms with Crippen molar-refractivity contribution in [2.45, 2.75) is 19.6 Å². The van der Waals surface area contributed by atoms with Crippen LogP contribution in [-0.4, -0.2) is 42.1 Å². The minimum Gasteiger partial charge on any atom is -0.410 e. The van der Waals surface area contributed by atoms with E-state index in [0.29, 0.717) is 18.8 Å². The van der Waals surface area contributed by atoms with Gasteiger partial charge in [-0.15, -0.1) is 0 Å². The minimum atomic E-state index is -0.299. The second kappa shape index (κ2) is 7.78. The van der Waals surface area contributed by atoms with E-state index >= 15 is 0 Å². The van der Waals surface area contributed by atoms with Gasteiger partial charge in [0.1, 0.15) is 5.75 Å². The number of piperazine rings is 1. The van der Waals surface area contributed by atoms with Gasteiger partial charge >= 0.3 is 6.09 Å². The number of hydrogen-bond acceptors (Lipinski definition) is 4. The molecule has 2 aliphatic heterocycles. The van der Waals surface area contributed by atoms with Crippen LogP contribution in [0.5, 0.6) is 5.75 Å². The second-order valence-electron chi connectivity index (χ2n) is 6.81. The molecule has 0 spiro atoms. The van der Waals surface area contributed by atoms with Crippen molar-refractivity contribution in [1.82, 2.24) is 15.1 Å². The van der Waals surface area contributed by atoms with Gasteiger partial charge in [0.2, 0.25) is 0 Å². The summed E-state index contributed by atoms with van der Waals surface area (Å²) >= 11 is 3.38. The summed E-state index contributed by atoms with van der Waals surface area (Å²) in [7, 11) is 0. The zero-order valence-corrected chi connectivity index (χ0v) is 16.2. The van der Waals surface area contributed by atoms with Crippen LogP contribution in [0, 0.1) is 0 Å². The molecular formula is C20H22BrN3O2. The van der Waals surface area contributed by atoms with Crippen LogP contribution in [0.3, 0.4) is 0 Å². The van der Waals surface area contributed by atoms with E-state index in [9.17, 15) is 4.79 Å². The first-order valence-electron chi connectivity index (χ1n) is 8.93. The van der Waals surface area contributed by atoms with Gasteiger partial charge in [0.05, 0.1) is 0 Å². The van der Waals surface area contributed by atoms with Crippen molar-refractivity contribution >= 4 is 22.0 Å². The summed E-state index contributed by atoms with van der Waals surface area (Å²) in [5.41, 5.74) is 3.75. The van der Waals surface area contributed by atoms with Gasteiger partial charge in [0.15, 0.2) is 0 Å². The fourth-order valence-electron chi connectivity index (χ4n) is 3.47. The number of rotatable bonds is 3. The summed E-state index contributed by atoms with van der Waals surface area (Å²) in [6.45, 7) is 6.48. The largest absolute Gasteiger partial charge is 0.415 e. The first-order chi connectivity index (χ1) is 12.7. The second-order valence-corrected chi connectivity index (χ2v) is 7.72. The van der Waals surface area contributed by atoms with Gasteiger partial charge in [0, 0.05) is 50.3 Å². The Kier molecular flexibility index (Phi) is 5.24. The van der Waals surface area contributed by atoms with Crippen LogP contribution < -0.4 is 10.1 Å². The lowest BCUT2D eigenvalue weighted by molar-refractivity contribution is 0.152. The van der Waals surface area contributed by atoms with E-state index in [1.54, 1.807) is 17.0 Å². The molecule has 5 nitrogen and oxygen atoms in total. The molecule has 2 heterocycles. The Morgan fingerprint density at radius 1 is 1.04 bits per heavy atom. The fraction of sp³-hybridized carbons (Fsp3) is 0.350. The SMILES string of the molecule is O=C(Oc1ccc(Br)cc1)N1Cc2ccc(CN3CCNCC3)cc2C1. The number of nitrogens with one attached hydrogen (secondary N) is 1. The minimum absolute atomic E-state index is 0.299. The molecule has 26 heavy (non-hydrogen) atoms. The van der Waals surface area contributed by atoms with E-state index in [1.807, 2.05) is 12.1 Å². The van der Waals surface area contributed by atoms with Crippen LogP contribution in [0.4, 0.5) is 4.79 Å². The van der Waals surface area contributed by atoms with Gasteiger partial charge in [0.25, 0.3) is 0 Å². The van der Waals surface area contributed by atoms with Crippen LogP contribution in [0.1, 0.15) is 16.7 Å². The van der Waals surface area contributed by atoms with Crippen molar-refractivity contribution in [2.24, 2.45) is 0 Å². The maximum absolute atomic E-state index is 12.4. The molecule has 4 rings (SSSR count). The van der Waals surface area contributed by atoms with Crippen molar-refractivity contribution in [2.75, 3.05) is 26.2 Å². The zero-order valence-electron chi connectivity index (χ0n) is 14.6. The Bertz CT molecular complexity index is 788. The Balaban J connectivity index is 1.38. The molecule has 2 aliphatic rings. The van der Waals surface area contributed by atoms with Crippen molar-refractivity contribution in [3.63, 3.8) is 0 Å². The average molecular weight is 416 g/mol. The zero-order chi connectivity index (χ0) is 17.9. The molecular weight excluding hydrogens is 394 g/mol. The molecule has 2 aromatic rings. The summed E-state index contributed by atoms with van der Waals surface area (Å²) < 4.78 is 6.45. The fourth-order valence-corrected chi connectivity index (χ4v) is 3.74. The average Bonchev–Trinajstić information content (AvgIpc) is 3.08. The maximum atomic E-state index is 12.4. The summed E-state index contributed by atoms with van der Waals surface area (Å²) in [6, 6.07) is 13.9. The lowest BCUT2D eigenvalue weighted by atomic mass is 10.1. The number of fused-ring (bicyclic) bond motifs is 1. The summed E-state index contributed by atoms with van der Waals surface area (Å²) in [5, 5.41) is 3.38. The molecule has 1 amide bonds. The lowest BCUT2D eigenvalue weighted by Gasteiger charge is -2.27. The van der Waals surface area contributed by atoms with Crippen molar-refractivity contribution in [1.29, 1.82) is 0 Å². The highest BCUT2D eigenvalue weighted by atomic mass is 79.9. The number of carbonyl (C=O) groups excluding carboxylic acids is 1. The first kappa shape index (κ1) is 17.5. The van der Waals surface area contributed by atoms with Crippen LogP contribution in [-0.2, 0) is 19.6 Å². The molecule has 1 fully saturated rings. The number of amides is 1. The quantitative estimate of drug-likeness (QED) is 0.834. The summed E-state index contributed by atoms with van der Waals surface area (Å²) in [5.74, 6) is 0.563. The highest BCUT2D eigenvalue weighted by molar-refractivity contribution is 9.10. The van der Waals surface area contributed by atoms with E-state index in [-0.39, 0.29) is 6.09 Å². The number of benzene rings is 2. The van der Waals surface area contributed by atoms with E-state index in [2.05, 4.69) is 44.3 Å². The van der Waals surface area contributed by atoms with Crippen LogP contribution in [0.15, 0.2) is 46.9 Å². The van der Waals surface area contributed by atoms with Gasteiger partial charge in [-0.1, -0.05) is 34.1 Å². The highest BCUT2D eigenvalue weighted by Crippen LogP contribution is 2.26. The Labute approximate surface area is 162 Å². The Morgan fingerprint density at radius 2 is 1.77 bits per heavy atom. The number of nitrogens with zero attached hydrogens (tertiary/aromatic N) is 2. The van der Waals surface area contributed by atoms with E-state index < -0.39 is 0 Å². The standard InChI is InChI=1S/C20H22BrN3O2/c21-18-3-5-19(6-4-18)26-20(25)24-13-16-2-1-15(11-17(16)14-24)12-23-9-7-22-8-10-23/h1-6,11,22H,7-10,12-14H2. The lowest BCUT2D eigenvalue weighted by Crippen LogP contribution is -2.42. The maximum Gasteiger partial charge on any atom is 0.415 e. The molecule has 1 saturated heterocycles. The molecule has 0 saturated carbocycles. The van der Waals surface area contributed by atoms with Gasteiger partial charge in [-0.3, -0.25) is 9.80 Å².